The fourth-order valence-electron chi connectivity index (χ4n) is 2.86. The quantitative estimate of drug-likeness (QED) is 0.630. The molecule has 0 aromatic rings. The number of rotatable bonds is 10. The van der Waals surface area contributed by atoms with E-state index in [-0.39, 0.29) is 12.0 Å². The Balaban J connectivity index is 2.64. The molecule has 1 rings (SSSR count). The molecule has 1 N–H and O–H groups in total. The summed E-state index contributed by atoms with van der Waals surface area (Å²) < 4.78 is 5.28. The average molecular weight is 298 g/mol. The van der Waals surface area contributed by atoms with Crippen molar-refractivity contribution in [3.8, 4) is 0 Å². The lowest BCUT2D eigenvalue weighted by Gasteiger charge is -2.33. The first-order chi connectivity index (χ1) is 9.78. The Morgan fingerprint density at radius 3 is 2.38 bits per heavy atom. The molecule has 1 unspecified atom stereocenters. The van der Waals surface area contributed by atoms with Crippen LogP contribution < -0.4 is 5.32 Å². The van der Waals surface area contributed by atoms with Crippen molar-refractivity contribution in [3.05, 3.63) is 0 Å². The van der Waals surface area contributed by atoms with Gasteiger partial charge in [0.1, 0.15) is 5.54 Å². The van der Waals surface area contributed by atoms with Gasteiger partial charge in [0.05, 0.1) is 6.61 Å². The molecule has 1 atom stereocenters. The van der Waals surface area contributed by atoms with Gasteiger partial charge in [-0.25, -0.2) is 0 Å². The monoisotopic (exact) mass is 298 g/mol. The van der Waals surface area contributed by atoms with Gasteiger partial charge in [-0.2, -0.15) is 0 Å². The van der Waals surface area contributed by atoms with Crippen LogP contribution in [0.5, 0.6) is 0 Å². The van der Waals surface area contributed by atoms with E-state index in [0.29, 0.717) is 12.5 Å². The Morgan fingerprint density at radius 2 is 1.95 bits per heavy atom. The third-order valence-electron chi connectivity index (χ3n) is 3.90. The highest BCUT2D eigenvalue weighted by Crippen LogP contribution is 2.28. The van der Waals surface area contributed by atoms with Crippen molar-refractivity contribution in [2.45, 2.75) is 78.4 Å². The molecule has 0 saturated heterocycles. The topological polar surface area (TPSA) is 41.6 Å². The Bertz CT molecular complexity index is 327. The largest absolute Gasteiger partial charge is 0.465 e. The molecule has 0 radical (unpaired) electrons. The van der Waals surface area contributed by atoms with Gasteiger partial charge in [-0.1, -0.05) is 13.8 Å². The second-order valence-corrected chi connectivity index (χ2v) is 7.22. The van der Waals surface area contributed by atoms with Crippen molar-refractivity contribution in [2.24, 2.45) is 5.92 Å². The van der Waals surface area contributed by atoms with Crippen molar-refractivity contribution in [1.29, 1.82) is 0 Å². The molecule has 4 heteroatoms. The fraction of sp³-hybridized carbons (Fsp3) is 0.941. The normalized spacial score (nSPS) is 18.3. The molecular formula is C17H34N2O2. The Morgan fingerprint density at radius 1 is 1.33 bits per heavy atom. The van der Waals surface area contributed by atoms with Gasteiger partial charge in [0.25, 0.3) is 0 Å². The summed E-state index contributed by atoms with van der Waals surface area (Å²) in [5.74, 6) is 0.538. The minimum Gasteiger partial charge on any atom is -0.465 e. The highest BCUT2D eigenvalue weighted by Gasteiger charge is 2.37. The minimum absolute atomic E-state index is 0.126. The van der Waals surface area contributed by atoms with E-state index in [1.807, 2.05) is 13.8 Å². The van der Waals surface area contributed by atoms with Crippen LogP contribution in [0, 0.1) is 5.92 Å². The van der Waals surface area contributed by atoms with Crippen LogP contribution in [0.1, 0.15) is 60.8 Å². The van der Waals surface area contributed by atoms with Crippen LogP contribution in [0.3, 0.4) is 0 Å². The van der Waals surface area contributed by atoms with Crippen molar-refractivity contribution >= 4 is 5.97 Å². The second-order valence-electron chi connectivity index (χ2n) is 7.22. The fourth-order valence-corrected chi connectivity index (χ4v) is 2.86. The van der Waals surface area contributed by atoms with Crippen molar-refractivity contribution < 1.29 is 9.53 Å². The van der Waals surface area contributed by atoms with Crippen molar-refractivity contribution in [1.82, 2.24) is 10.2 Å². The number of hydrogen-bond donors (Lipinski definition) is 1. The summed E-state index contributed by atoms with van der Waals surface area (Å²) >= 11 is 0. The molecule has 1 aliphatic rings. The van der Waals surface area contributed by atoms with E-state index in [2.05, 4.69) is 37.9 Å². The van der Waals surface area contributed by atoms with Crippen LogP contribution in [-0.2, 0) is 9.53 Å². The average Bonchev–Trinajstić information content (AvgIpc) is 3.17. The van der Waals surface area contributed by atoms with Gasteiger partial charge in [0.15, 0.2) is 0 Å². The molecule has 0 aromatic carbocycles. The number of ether oxygens (including phenoxy) is 1. The Labute approximate surface area is 130 Å². The zero-order valence-corrected chi connectivity index (χ0v) is 14.7. The first kappa shape index (κ1) is 18.4. The highest BCUT2D eigenvalue weighted by molar-refractivity contribution is 5.80. The minimum atomic E-state index is -0.589. The lowest BCUT2D eigenvalue weighted by molar-refractivity contribution is -0.151. The number of carbonyl (C=O) groups is 1. The summed E-state index contributed by atoms with van der Waals surface area (Å²) in [6.07, 6.45) is 3.41. The maximum Gasteiger partial charge on any atom is 0.326 e. The molecule has 0 bridgehead atoms. The van der Waals surface area contributed by atoms with E-state index < -0.39 is 5.54 Å². The molecule has 1 aliphatic carbocycles. The van der Waals surface area contributed by atoms with Gasteiger partial charge in [-0.15, -0.1) is 0 Å². The maximum atomic E-state index is 12.3. The van der Waals surface area contributed by atoms with Crippen molar-refractivity contribution in [2.75, 3.05) is 19.7 Å². The molecule has 1 fully saturated rings. The number of esters is 1. The summed E-state index contributed by atoms with van der Waals surface area (Å²) in [5, 5.41) is 3.41. The zero-order chi connectivity index (χ0) is 16.0. The number of nitrogens with zero attached hydrogens (tertiary/aromatic N) is 1. The highest BCUT2D eigenvalue weighted by atomic mass is 16.5. The molecule has 21 heavy (non-hydrogen) atoms. The van der Waals surface area contributed by atoms with Gasteiger partial charge >= 0.3 is 5.97 Å². The van der Waals surface area contributed by atoms with E-state index in [0.717, 1.165) is 25.6 Å². The second kappa shape index (κ2) is 8.14. The van der Waals surface area contributed by atoms with Crippen LogP contribution in [-0.4, -0.2) is 48.2 Å². The lowest BCUT2D eigenvalue weighted by Crippen LogP contribution is -2.55. The van der Waals surface area contributed by atoms with Crippen LogP contribution in [0.25, 0.3) is 0 Å². The van der Waals surface area contributed by atoms with E-state index >= 15 is 0 Å². The summed E-state index contributed by atoms with van der Waals surface area (Å²) in [7, 11) is 0. The number of carbonyl (C=O) groups excluding carboxylic acids is 1. The SMILES string of the molecule is CCOC(=O)C(C)(CCN(CC(C)C)C1CC1)NC(C)C. The zero-order valence-electron chi connectivity index (χ0n) is 14.7. The summed E-state index contributed by atoms with van der Waals surface area (Å²) in [6.45, 7) is 15.0. The Kier molecular flexibility index (Phi) is 7.14. The van der Waals surface area contributed by atoms with E-state index in [4.69, 9.17) is 4.74 Å². The first-order valence-electron chi connectivity index (χ1n) is 8.47. The van der Waals surface area contributed by atoms with Gasteiger partial charge in [0.2, 0.25) is 0 Å². The molecule has 124 valence electrons. The third kappa shape index (κ3) is 6.35. The van der Waals surface area contributed by atoms with Gasteiger partial charge < -0.3 is 9.64 Å². The van der Waals surface area contributed by atoms with Gasteiger partial charge in [0, 0.05) is 25.2 Å². The van der Waals surface area contributed by atoms with E-state index in [1.54, 1.807) is 0 Å². The first-order valence-corrected chi connectivity index (χ1v) is 8.47. The summed E-state index contributed by atoms with van der Waals surface area (Å²) in [4.78, 5) is 14.9. The molecule has 0 heterocycles. The summed E-state index contributed by atoms with van der Waals surface area (Å²) in [6, 6.07) is 0.997. The molecular weight excluding hydrogens is 264 g/mol. The summed E-state index contributed by atoms with van der Waals surface area (Å²) in [5.41, 5.74) is -0.589. The van der Waals surface area contributed by atoms with E-state index in [9.17, 15) is 4.79 Å². The van der Waals surface area contributed by atoms with E-state index in [1.165, 1.54) is 12.8 Å². The standard InChI is InChI=1S/C17H34N2O2/c1-7-21-16(20)17(6,18-14(4)5)10-11-19(12-13(2)3)15-8-9-15/h13-15,18H,7-12H2,1-6H3. The van der Waals surface area contributed by atoms with Crippen LogP contribution in [0.2, 0.25) is 0 Å². The van der Waals surface area contributed by atoms with Crippen LogP contribution in [0.4, 0.5) is 0 Å². The smallest absolute Gasteiger partial charge is 0.326 e. The molecule has 0 aromatic heterocycles. The number of hydrogen-bond acceptors (Lipinski definition) is 4. The lowest BCUT2D eigenvalue weighted by atomic mass is 9.96. The van der Waals surface area contributed by atoms with Crippen LogP contribution in [0.15, 0.2) is 0 Å². The predicted molar refractivity (Wildman–Crippen MR) is 87.4 cm³/mol. The van der Waals surface area contributed by atoms with Crippen molar-refractivity contribution in [3.63, 3.8) is 0 Å². The molecule has 4 nitrogen and oxygen atoms in total. The number of nitrogens with one attached hydrogen (secondary N) is 1. The Hall–Kier alpha value is -0.610. The molecule has 0 amide bonds. The van der Waals surface area contributed by atoms with Gasteiger partial charge in [-0.3, -0.25) is 10.1 Å². The molecule has 0 aliphatic heterocycles. The van der Waals surface area contributed by atoms with Gasteiger partial charge in [-0.05, 0) is 52.9 Å². The molecule has 1 saturated carbocycles. The maximum absolute atomic E-state index is 12.3. The third-order valence-corrected chi connectivity index (χ3v) is 3.90. The molecule has 0 spiro atoms. The predicted octanol–water partition coefficient (Wildman–Crippen LogP) is 2.82. The van der Waals surface area contributed by atoms with Crippen LogP contribution >= 0.6 is 0 Å².